The van der Waals surface area contributed by atoms with E-state index in [-0.39, 0.29) is 23.3 Å². The van der Waals surface area contributed by atoms with Crippen LogP contribution in [0.2, 0.25) is 18.1 Å². The molecule has 0 saturated heterocycles. The quantitative estimate of drug-likeness (QED) is 0.111. The second kappa shape index (κ2) is 13.4. The molecule has 5 rings (SSSR count). The minimum Gasteiger partial charge on any atom is -0.488 e. The highest BCUT2D eigenvalue weighted by Crippen LogP contribution is 2.46. The number of carbonyl (C=O) groups excluding carboxylic acids is 1. The molecule has 0 radical (unpaired) electrons. The molecule has 0 aliphatic carbocycles. The van der Waals surface area contributed by atoms with Crippen molar-refractivity contribution >= 4 is 25.2 Å². The Hall–Kier alpha value is -4.34. The van der Waals surface area contributed by atoms with Crippen LogP contribution in [0, 0.1) is 17.5 Å². The fourth-order valence-electron chi connectivity index (χ4n) is 5.40. The van der Waals surface area contributed by atoms with Crippen molar-refractivity contribution in [3.8, 4) is 22.6 Å². The van der Waals surface area contributed by atoms with Crippen molar-refractivity contribution in [2.24, 2.45) is 0 Å². The van der Waals surface area contributed by atoms with Gasteiger partial charge < -0.3 is 18.5 Å². The summed E-state index contributed by atoms with van der Waals surface area (Å²) in [6.45, 7) is 13.3. The van der Waals surface area contributed by atoms with Crippen molar-refractivity contribution in [2.45, 2.75) is 58.4 Å². The van der Waals surface area contributed by atoms with E-state index in [0.29, 0.717) is 45.6 Å². The molecule has 5 nitrogen and oxygen atoms in total. The molecule has 1 heterocycles. The van der Waals surface area contributed by atoms with E-state index in [2.05, 4.69) is 33.9 Å². The average Bonchev–Trinajstić information content (AvgIpc) is 3.38. The lowest BCUT2D eigenvalue weighted by Crippen LogP contribution is -2.41. The number of benzene rings is 4. The van der Waals surface area contributed by atoms with E-state index in [1.165, 1.54) is 25.3 Å². The molecule has 0 aliphatic rings. The van der Waals surface area contributed by atoms with Crippen LogP contribution < -0.4 is 4.74 Å². The first-order valence-corrected chi connectivity index (χ1v) is 18.5. The van der Waals surface area contributed by atoms with Gasteiger partial charge in [-0.2, -0.15) is 0 Å². The van der Waals surface area contributed by atoms with Gasteiger partial charge in [0.2, 0.25) is 0 Å². The first-order chi connectivity index (χ1) is 22.2. The maximum Gasteiger partial charge on any atom is 0.337 e. The Labute approximate surface area is 275 Å². The van der Waals surface area contributed by atoms with Crippen LogP contribution in [-0.4, -0.2) is 32.6 Å². The molecule has 0 amide bonds. The number of carbonyl (C=O) groups is 1. The van der Waals surface area contributed by atoms with Crippen LogP contribution in [-0.2, 0) is 15.8 Å². The molecular weight excluding hydrogens is 620 g/mol. The molecule has 0 saturated carbocycles. The first kappa shape index (κ1) is 34.0. The number of aromatic nitrogens is 1. The molecule has 0 N–H and O–H groups in total. The van der Waals surface area contributed by atoms with E-state index in [1.54, 1.807) is 28.8 Å². The SMILES string of the molecule is COC(=O)c1ccc(-c2c(C(C)CO[Si](C)(C)C(C)(C)C)n(-c3ccc(F)c(F)c3)c3cc(F)cc(OCc4ccccc4)c23)cc1. The van der Waals surface area contributed by atoms with Gasteiger partial charge in [-0.3, -0.25) is 0 Å². The second-order valence-electron chi connectivity index (χ2n) is 13.3. The maximum absolute atomic E-state index is 15.5. The topological polar surface area (TPSA) is 49.7 Å². The smallest absolute Gasteiger partial charge is 0.337 e. The van der Waals surface area contributed by atoms with Gasteiger partial charge in [-0.25, -0.2) is 18.0 Å². The van der Waals surface area contributed by atoms with Crippen molar-refractivity contribution in [3.63, 3.8) is 0 Å². The third-order valence-corrected chi connectivity index (χ3v) is 13.5. The molecule has 47 heavy (non-hydrogen) atoms. The lowest BCUT2D eigenvalue weighted by molar-refractivity contribution is 0.0600. The van der Waals surface area contributed by atoms with Crippen molar-refractivity contribution in [2.75, 3.05) is 13.7 Å². The molecule has 1 atom stereocenters. The van der Waals surface area contributed by atoms with Gasteiger partial charge in [-0.05, 0) is 59.6 Å². The van der Waals surface area contributed by atoms with E-state index in [1.807, 2.05) is 37.3 Å². The molecule has 0 spiro atoms. The highest BCUT2D eigenvalue weighted by Gasteiger charge is 2.38. The van der Waals surface area contributed by atoms with Crippen LogP contribution in [0.1, 0.15) is 55.2 Å². The molecule has 9 heteroatoms. The predicted molar refractivity (Wildman–Crippen MR) is 182 cm³/mol. The molecular formula is C38H40F3NO4Si. The largest absolute Gasteiger partial charge is 0.488 e. The third-order valence-electron chi connectivity index (χ3n) is 8.99. The summed E-state index contributed by atoms with van der Waals surface area (Å²) in [5.41, 5.74) is 4.12. The molecule has 1 unspecified atom stereocenters. The summed E-state index contributed by atoms with van der Waals surface area (Å²) in [6, 6.07) is 22.8. The van der Waals surface area contributed by atoms with Gasteiger partial charge in [0.1, 0.15) is 18.2 Å². The fraction of sp³-hybridized carbons (Fsp3) is 0.289. The number of esters is 1. The Bertz CT molecular complexity index is 1900. The van der Waals surface area contributed by atoms with Gasteiger partial charge in [0, 0.05) is 41.6 Å². The monoisotopic (exact) mass is 659 g/mol. The molecule has 0 bridgehead atoms. The highest BCUT2D eigenvalue weighted by molar-refractivity contribution is 6.74. The molecule has 0 aliphatic heterocycles. The Morgan fingerprint density at radius 2 is 1.57 bits per heavy atom. The van der Waals surface area contributed by atoms with E-state index in [9.17, 15) is 13.6 Å². The van der Waals surface area contributed by atoms with Crippen molar-refractivity contribution < 1.29 is 31.9 Å². The summed E-state index contributed by atoms with van der Waals surface area (Å²) in [5, 5.41) is 0.542. The summed E-state index contributed by atoms with van der Waals surface area (Å²) in [5.74, 6) is -3.06. The van der Waals surface area contributed by atoms with E-state index >= 15 is 4.39 Å². The number of ether oxygens (including phenoxy) is 2. The van der Waals surface area contributed by atoms with Crippen molar-refractivity contribution in [1.82, 2.24) is 4.57 Å². The minimum atomic E-state index is -2.20. The summed E-state index contributed by atoms with van der Waals surface area (Å²) < 4.78 is 64.3. The molecule has 0 fully saturated rings. The van der Waals surface area contributed by atoms with Gasteiger partial charge in [0.15, 0.2) is 20.0 Å². The van der Waals surface area contributed by atoms with E-state index in [0.717, 1.165) is 17.7 Å². The first-order valence-electron chi connectivity index (χ1n) is 15.5. The third kappa shape index (κ3) is 7.01. The van der Waals surface area contributed by atoms with Gasteiger partial charge >= 0.3 is 5.97 Å². The zero-order valence-electron chi connectivity index (χ0n) is 27.8. The van der Waals surface area contributed by atoms with E-state index in [4.69, 9.17) is 13.9 Å². The van der Waals surface area contributed by atoms with Crippen molar-refractivity contribution in [1.29, 1.82) is 0 Å². The second-order valence-corrected chi connectivity index (χ2v) is 18.1. The Morgan fingerprint density at radius 1 is 0.894 bits per heavy atom. The zero-order chi connectivity index (χ0) is 34.1. The Morgan fingerprint density at radius 3 is 2.19 bits per heavy atom. The summed E-state index contributed by atoms with van der Waals surface area (Å²) >= 11 is 0. The normalized spacial score (nSPS) is 12.7. The minimum absolute atomic E-state index is 0.0480. The fourth-order valence-corrected chi connectivity index (χ4v) is 6.50. The predicted octanol–water partition coefficient (Wildman–Crippen LogP) is 10.2. The number of rotatable bonds is 10. The highest BCUT2D eigenvalue weighted by atomic mass is 28.4. The molecule has 5 aromatic rings. The lowest BCUT2D eigenvalue weighted by atomic mass is 9.95. The lowest BCUT2D eigenvalue weighted by Gasteiger charge is -2.37. The number of nitrogens with zero attached hydrogens (tertiary/aromatic N) is 1. The van der Waals surface area contributed by atoms with Crippen molar-refractivity contribution in [3.05, 3.63) is 119 Å². The van der Waals surface area contributed by atoms with Gasteiger partial charge in [-0.15, -0.1) is 0 Å². The van der Waals surface area contributed by atoms with Crippen LogP contribution >= 0.6 is 0 Å². The summed E-state index contributed by atoms with van der Waals surface area (Å²) in [4.78, 5) is 12.3. The zero-order valence-corrected chi connectivity index (χ0v) is 28.8. The summed E-state index contributed by atoms with van der Waals surface area (Å²) in [6.07, 6.45) is 0. The van der Waals surface area contributed by atoms with Crippen LogP contribution in [0.4, 0.5) is 13.2 Å². The van der Waals surface area contributed by atoms with Gasteiger partial charge in [0.25, 0.3) is 0 Å². The average molecular weight is 660 g/mol. The Balaban J connectivity index is 1.81. The van der Waals surface area contributed by atoms with Gasteiger partial charge in [0.05, 0.1) is 23.6 Å². The standard InChI is InChI=1S/C38H40F3NO4Si/c1-24(22-46-47(6,7)38(2,3)4)36-34(26-13-15-27(16-14-26)37(43)44-5)35-32(42(36)29-17-18-30(40)31(41)21-29)19-28(39)20-33(35)45-23-25-11-9-8-10-12-25/h8-21,24H,22-23H2,1-7H3. The van der Waals surface area contributed by atoms with Crippen LogP contribution in [0.25, 0.3) is 27.7 Å². The Kier molecular flexibility index (Phi) is 9.70. The van der Waals surface area contributed by atoms with Crippen LogP contribution in [0.3, 0.4) is 0 Å². The number of hydrogen-bond donors (Lipinski definition) is 0. The number of hydrogen-bond acceptors (Lipinski definition) is 4. The molecule has 246 valence electrons. The van der Waals surface area contributed by atoms with Gasteiger partial charge in [-0.1, -0.05) is 70.2 Å². The maximum atomic E-state index is 15.5. The van der Waals surface area contributed by atoms with Crippen LogP contribution in [0.15, 0.2) is 84.9 Å². The molecule has 4 aromatic carbocycles. The molecule has 1 aromatic heterocycles. The number of fused-ring (bicyclic) bond motifs is 1. The number of methoxy groups -OCH3 is 1. The number of halogens is 3. The van der Waals surface area contributed by atoms with E-state index < -0.39 is 31.7 Å². The van der Waals surface area contributed by atoms with Crippen LogP contribution in [0.5, 0.6) is 5.75 Å². The summed E-state index contributed by atoms with van der Waals surface area (Å²) in [7, 11) is -0.880.